The highest BCUT2D eigenvalue weighted by Gasteiger charge is 2.59. The molecule has 0 radical (unpaired) electrons. The van der Waals surface area contributed by atoms with Gasteiger partial charge in [-0.1, -0.05) is 0 Å². The molecular weight excluding hydrogens is 200 g/mol. The molecule has 0 aliphatic carbocycles. The SMILES string of the molecule is CC[N+]12CCN3CCN4CCN(CC1)C2C43. The summed E-state index contributed by atoms with van der Waals surface area (Å²) >= 11 is 0. The zero-order chi connectivity index (χ0) is 10.8. The van der Waals surface area contributed by atoms with Crippen LogP contribution in [0.25, 0.3) is 0 Å². The summed E-state index contributed by atoms with van der Waals surface area (Å²) in [7, 11) is 0. The first-order valence-corrected chi connectivity index (χ1v) is 6.92. The molecular formula is C12H23N4+. The smallest absolute Gasteiger partial charge is 0.175 e. The number of quaternary nitrogens is 1. The molecule has 3 unspecified atom stereocenters. The maximum Gasteiger partial charge on any atom is 0.175 e. The van der Waals surface area contributed by atoms with E-state index in [0.29, 0.717) is 0 Å². The second kappa shape index (κ2) is 3.19. The van der Waals surface area contributed by atoms with E-state index in [9.17, 15) is 0 Å². The molecule has 4 rings (SSSR count). The summed E-state index contributed by atoms with van der Waals surface area (Å²) in [5, 5.41) is 0. The quantitative estimate of drug-likeness (QED) is 0.552. The van der Waals surface area contributed by atoms with Crippen molar-refractivity contribution in [1.82, 2.24) is 14.7 Å². The normalized spacial score (nSPS) is 48.6. The molecule has 0 amide bonds. The molecule has 4 aliphatic heterocycles. The zero-order valence-electron chi connectivity index (χ0n) is 10.3. The van der Waals surface area contributed by atoms with Gasteiger partial charge in [0.05, 0.1) is 26.2 Å². The average molecular weight is 223 g/mol. The van der Waals surface area contributed by atoms with Crippen molar-refractivity contribution in [1.29, 1.82) is 0 Å². The molecule has 0 saturated carbocycles. The molecule has 0 aromatic heterocycles. The highest BCUT2D eigenvalue weighted by atomic mass is 15.6. The third kappa shape index (κ3) is 1.04. The second-order valence-electron chi connectivity index (χ2n) is 5.92. The van der Waals surface area contributed by atoms with E-state index in [-0.39, 0.29) is 0 Å². The highest BCUT2D eigenvalue weighted by molar-refractivity contribution is 4.97. The minimum Gasteiger partial charge on any atom is -0.304 e. The predicted octanol–water partition coefficient (Wildman–Crippen LogP) is -0.564. The Morgan fingerprint density at radius 3 is 2.12 bits per heavy atom. The Morgan fingerprint density at radius 2 is 1.44 bits per heavy atom. The van der Waals surface area contributed by atoms with E-state index in [0.717, 1.165) is 12.3 Å². The summed E-state index contributed by atoms with van der Waals surface area (Å²) in [5.41, 5.74) is 0. The van der Waals surface area contributed by atoms with E-state index >= 15 is 0 Å². The van der Waals surface area contributed by atoms with Gasteiger partial charge in [0.1, 0.15) is 6.17 Å². The first kappa shape index (κ1) is 9.83. The van der Waals surface area contributed by atoms with Gasteiger partial charge in [-0.2, -0.15) is 0 Å². The van der Waals surface area contributed by atoms with Gasteiger partial charge in [0, 0.05) is 32.7 Å². The molecule has 4 aliphatic rings. The fourth-order valence-corrected chi connectivity index (χ4v) is 4.60. The molecule has 0 aromatic rings. The van der Waals surface area contributed by atoms with E-state index in [4.69, 9.17) is 0 Å². The Labute approximate surface area is 98.0 Å². The molecule has 4 nitrogen and oxygen atoms in total. The molecule has 0 bridgehead atoms. The highest BCUT2D eigenvalue weighted by Crippen LogP contribution is 2.38. The standard InChI is InChI=1S/C12H23N4/c1-2-16-9-7-14-4-3-13-5-6-15(8-10-16)12(16)11(13)14/h11-12H,2-10H2,1H3/q+1. The zero-order valence-corrected chi connectivity index (χ0v) is 10.3. The van der Waals surface area contributed by atoms with E-state index in [1.165, 1.54) is 63.4 Å². The number of piperazine rings is 2. The van der Waals surface area contributed by atoms with Gasteiger partial charge in [0.2, 0.25) is 0 Å². The van der Waals surface area contributed by atoms with Gasteiger partial charge < -0.3 is 4.48 Å². The molecule has 4 saturated heterocycles. The molecule has 16 heavy (non-hydrogen) atoms. The van der Waals surface area contributed by atoms with Crippen molar-refractivity contribution in [3.63, 3.8) is 0 Å². The van der Waals surface area contributed by atoms with E-state index in [1.807, 2.05) is 0 Å². The van der Waals surface area contributed by atoms with Gasteiger partial charge in [0.25, 0.3) is 0 Å². The minimum atomic E-state index is 0.755. The third-order valence-electron chi connectivity index (χ3n) is 5.59. The Kier molecular flexibility index (Phi) is 1.96. The average Bonchev–Trinajstić information content (AvgIpc) is 2.88. The van der Waals surface area contributed by atoms with Crippen molar-refractivity contribution in [2.75, 3.05) is 58.9 Å². The van der Waals surface area contributed by atoms with Gasteiger partial charge in [0.15, 0.2) is 6.17 Å². The van der Waals surface area contributed by atoms with Crippen LogP contribution in [0, 0.1) is 0 Å². The molecule has 3 atom stereocenters. The van der Waals surface area contributed by atoms with Gasteiger partial charge in [-0.25, -0.2) is 4.90 Å². The summed E-state index contributed by atoms with van der Waals surface area (Å²) in [5.74, 6) is 0. The summed E-state index contributed by atoms with van der Waals surface area (Å²) in [6, 6.07) is 0. The van der Waals surface area contributed by atoms with Crippen LogP contribution in [0.3, 0.4) is 0 Å². The lowest BCUT2D eigenvalue weighted by Crippen LogP contribution is -2.73. The van der Waals surface area contributed by atoms with Crippen LogP contribution >= 0.6 is 0 Å². The summed E-state index contributed by atoms with van der Waals surface area (Å²) < 4.78 is 1.39. The van der Waals surface area contributed by atoms with Crippen molar-refractivity contribution in [2.24, 2.45) is 0 Å². The Bertz CT molecular complexity index is 299. The van der Waals surface area contributed by atoms with E-state index < -0.39 is 0 Å². The summed E-state index contributed by atoms with van der Waals surface area (Å²) in [6.45, 7) is 14.5. The fraction of sp³-hybridized carbons (Fsp3) is 1.00. The number of likely N-dealkylation sites (N-methyl/N-ethyl adjacent to an activating group) is 1. The Morgan fingerprint density at radius 1 is 0.875 bits per heavy atom. The van der Waals surface area contributed by atoms with Crippen LogP contribution in [0.4, 0.5) is 0 Å². The van der Waals surface area contributed by atoms with Crippen LogP contribution in [0.2, 0.25) is 0 Å². The summed E-state index contributed by atoms with van der Waals surface area (Å²) in [4.78, 5) is 8.27. The fourth-order valence-electron chi connectivity index (χ4n) is 4.60. The van der Waals surface area contributed by atoms with Crippen LogP contribution in [0.1, 0.15) is 6.92 Å². The molecule has 4 fully saturated rings. The van der Waals surface area contributed by atoms with Crippen LogP contribution in [0.5, 0.6) is 0 Å². The maximum absolute atomic E-state index is 2.78. The number of rotatable bonds is 1. The topological polar surface area (TPSA) is 9.72 Å². The first-order chi connectivity index (χ1) is 7.84. The molecule has 90 valence electrons. The Hall–Kier alpha value is -0.160. The lowest BCUT2D eigenvalue weighted by atomic mass is 10.1. The summed E-state index contributed by atoms with van der Waals surface area (Å²) in [6.07, 6.45) is 1.56. The monoisotopic (exact) mass is 223 g/mol. The second-order valence-corrected chi connectivity index (χ2v) is 5.92. The first-order valence-electron chi connectivity index (χ1n) is 6.92. The van der Waals surface area contributed by atoms with Gasteiger partial charge in [-0.15, -0.1) is 0 Å². The number of hydrogen-bond acceptors (Lipinski definition) is 3. The van der Waals surface area contributed by atoms with Crippen LogP contribution < -0.4 is 0 Å². The van der Waals surface area contributed by atoms with Crippen molar-refractivity contribution in [3.8, 4) is 0 Å². The predicted molar refractivity (Wildman–Crippen MR) is 62.8 cm³/mol. The van der Waals surface area contributed by atoms with Crippen molar-refractivity contribution >= 4 is 0 Å². The van der Waals surface area contributed by atoms with Crippen molar-refractivity contribution < 1.29 is 4.48 Å². The number of hydrogen-bond donors (Lipinski definition) is 0. The number of nitrogens with zero attached hydrogens (tertiary/aromatic N) is 4. The molecule has 0 N–H and O–H groups in total. The van der Waals surface area contributed by atoms with E-state index in [2.05, 4.69) is 21.6 Å². The molecule has 4 heteroatoms. The maximum atomic E-state index is 2.78. The van der Waals surface area contributed by atoms with Crippen molar-refractivity contribution in [3.05, 3.63) is 0 Å². The minimum absolute atomic E-state index is 0.755. The van der Waals surface area contributed by atoms with Gasteiger partial charge in [-0.05, 0) is 6.92 Å². The lowest BCUT2D eigenvalue weighted by molar-refractivity contribution is -0.952. The van der Waals surface area contributed by atoms with Crippen LogP contribution in [-0.4, -0.2) is 90.4 Å². The lowest BCUT2D eigenvalue weighted by Gasteiger charge is -2.53. The molecule has 0 aromatic carbocycles. The molecule has 4 heterocycles. The van der Waals surface area contributed by atoms with Crippen LogP contribution in [-0.2, 0) is 0 Å². The van der Waals surface area contributed by atoms with Crippen molar-refractivity contribution in [2.45, 2.75) is 19.3 Å². The van der Waals surface area contributed by atoms with Gasteiger partial charge in [-0.3, -0.25) is 9.80 Å². The Balaban J connectivity index is 1.75. The van der Waals surface area contributed by atoms with E-state index in [1.54, 1.807) is 0 Å². The van der Waals surface area contributed by atoms with Crippen LogP contribution in [0.15, 0.2) is 0 Å². The third-order valence-corrected chi connectivity index (χ3v) is 5.59. The van der Waals surface area contributed by atoms with Gasteiger partial charge >= 0.3 is 0 Å². The largest absolute Gasteiger partial charge is 0.304 e. The molecule has 0 spiro atoms.